The Balaban J connectivity index is 1.12. The molecule has 0 amide bonds. The first kappa shape index (κ1) is 31.9. The molecule has 3 aromatic heterocycles. The van der Waals surface area contributed by atoms with Crippen LogP contribution in [0.3, 0.4) is 0 Å². The molecule has 0 saturated heterocycles. The normalized spacial score (nSPS) is 11.6. The lowest BCUT2D eigenvalue weighted by Crippen LogP contribution is -2.00. The van der Waals surface area contributed by atoms with Crippen LogP contribution in [0.1, 0.15) is 0 Å². The fraction of sp³-hybridized carbons (Fsp3) is 0. The zero-order chi connectivity index (χ0) is 37.0. The number of benzene rings is 8. The topological polar surface area (TPSA) is 56.7 Å². The largest absolute Gasteiger partial charge is 0.454 e. The molecule has 5 heteroatoms. The zero-order valence-corrected chi connectivity index (χ0v) is 30.2. The van der Waals surface area contributed by atoms with Crippen LogP contribution in [0.4, 0.5) is 0 Å². The first-order chi connectivity index (χ1) is 27.8. The van der Waals surface area contributed by atoms with Crippen LogP contribution in [0, 0.1) is 0 Å². The molecule has 56 heavy (non-hydrogen) atoms. The highest BCUT2D eigenvalue weighted by molar-refractivity contribution is 6.23. The van der Waals surface area contributed by atoms with Crippen LogP contribution in [0.15, 0.2) is 199 Å². The summed E-state index contributed by atoms with van der Waals surface area (Å²) in [6, 6.07) is 67.4. The Bertz CT molecular complexity index is 3160. The molecule has 0 aliphatic heterocycles. The van der Waals surface area contributed by atoms with E-state index in [2.05, 4.69) is 126 Å². The van der Waals surface area contributed by atoms with Gasteiger partial charge in [0.2, 0.25) is 0 Å². The van der Waals surface area contributed by atoms with E-state index in [1.807, 2.05) is 72.8 Å². The number of rotatable bonds is 6. The van der Waals surface area contributed by atoms with Crippen molar-refractivity contribution in [1.29, 1.82) is 0 Å². The van der Waals surface area contributed by atoms with Crippen molar-refractivity contribution in [2.24, 2.45) is 0 Å². The van der Waals surface area contributed by atoms with Gasteiger partial charge in [-0.05, 0) is 52.6 Å². The lowest BCUT2D eigenvalue weighted by Gasteiger charge is -2.11. The predicted octanol–water partition coefficient (Wildman–Crippen LogP) is 13.2. The van der Waals surface area contributed by atoms with Gasteiger partial charge < -0.3 is 8.98 Å². The monoisotopic (exact) mass is 716 g/mol. The number of hydrogen-bond acceptors (Lipinski definition) is 4. The molecule has 0 radical (unpaired) electrons. The summed E-state index contributed by atoms with van der Waals surface area (Å²) in [5, 5.41) is 4.27. The summed E-state index contributed by atoms with van der Waals surface area (Å²) in [6.45, 7) is 0. The van der Waals surface area contributed by atoms with E-state index >= 15 is 0 Å². The first-order valence-electron chi connectivity index (χ1n) is 18.8. The molecule has 0 unspecified atom stereocenters. The van der Waals surface area contributed by atoms with Crippen molar-refractivity contribution in [2.45, 2.75) is 0 Å². The Morgan fingerprint density at radius 3 is 1.61 bits per heavy atom. The van der Waals surface area contributed by atoms with Crippen molar-refractivity contribution >= 4 is 43.7 Å². The average molecular weight is 717 g/mol. The Hall–Kier alpha value is -7.63. The Morgan fingerprint density at radius 2 is 0.911 bits per heavy atom. The summed E-state index contributed by atoms with van der Waals surface area (Å²) < 4.78 is 9.28. The minimum Gasteiger partial charge on any atom is -0.454 e. The van der Waals surface area contributed by atoms with Gasteiger partial charge in [-0.15, -0.1) is 0 Å². The van der Waals surface area contributed by atoms with E-state index in [4.69, 9.17) is 19.4 Å². The molecular weight excluding hydrogens is 685 g/mol. The first-order valence-corrected chi connectivity index (χ1v) is 18.8. The molecule has 11 aromatic rings. The van der Waals surface area contributed by atoms with Gasteiger partial charge in [-0.3, -0.25) is 0 Å². The summed E-state index contributed by atoms with van der Waals surface area (Å²) in [5.74, 6) is 1.84. The van der Waals surface area contributed by atoms with E-state index in [9.17, 15) is 0 Å². The Kier molecular flexibility index (Phi) is 7.42. The lowest BCUT2D eigenvalue weighted by atomic mass is 10.00. The van der Waals surface area contributed by atoms with Crippen molar-refractivity contribution in [3.05, 3.63) is 194 Å². The average Bonchev–Trinajstić information content (AvgIpc) is 3.84. The van der Waals surface area contributed by atoms with Gasteiger partial charge in [-0.2, -0.15) is 0 Å². The standard InChI is InChI=1S/C51H32N4O/c1-4-14-33(15-5-1)34-26-28-35(29-27-34)38-20-12-21-39(32-38)55-44-24-11-10-22-40(44)41-30-31-42-46-43(23-13-25-45(46)56-48(42)47(41)55)51-53-49(36-16-6-2-7-17-36)52-50(54-51)37-18-8-3-9-19-37/h1-32H. The molecule has 3 heterocycles. The van der Waals surface area contributed by atoms with Crippen LogP contribution in [-0.4, -0.2) is 19.5 Å². The Morgan fingerprint density at radius 1 is 0.375 bits per heavy atom. The summed E-state index contributed by atoms with van der Waals surface area (Å²) in [5.41, 5.74) is 12.3. The van der Waals surface area contributed by atoms with Gasteiger partial charge in [0, 0.05) is 43.9 Å². The molecule has 0 fully saturated rings. The minimum absolute atomic E-state index is 0.595. The van der Waals surface area contributed by atoms with Crippen LogP contribution in [-0.2, 0) is 0 Å². The molecule has 0 aliphatic carbocycles. The molecule has 0 atom stereocenters. The van der Waals surface area contributed by atoms with Crippen molar-refractivity contribution in [3.8, 4) is 62.1 Å². The van der Waals surface area contributed by atoms with E-state index in [-0.39, 0.29) is 0 Å². The van der Waals surface area contributed by atoms with Crippen molar-refractivity contribution in [1.82, 2.24) is 19.5 Å². The molecule has 262 valence electrons. The number of aromatic nitrogens is 4. The van der Waals surface area contributed by atoms with Crippen LogP contribution < -0.4 is 0 Å². The van der Waals surface area contributed by atoms with E-state index in [1.165, 1.54) is 16.5 Å². The second-order valence-corrected chi connectivity index (χ2v) is 14.0. The van der Waals surface area contributed by atoms with Gasteiger partial charge in [0.25, 0.3) is 0 Å². The summed E-state index contributed by atoms with van der Waals surface area (Å²) >= 11 is 0. The summed E-state index contributed by atoms with van der Waals surface area (Å²) in [7, 11) is 0. The van der Waals surface area contributed by atoms with Gasteiger partial charge in [0.15, 0.2) is 23.1 Å². The van der Waals surface area contributed by atoms with Crippen LogP contribution in [0.25, 0.3) is 106 Å². The maximum atomic E-state index is 6.93. The van der Waals surface area contributed by atoms with Crippen LogP contribution in [0.2, 0.25) is 0 Å². The number of para-hydroxylation sites is 1. The highest BCUT2D eigenvalue weighted by Gasteiger charge is 2.22. The quantitative estimate of drug-likeness (QED) is 0.172. The summed E-state index contributed by atoms with van der Waals surface area (Å²) in [4.78, 5) is 15.1. The maximum Gasteiger partial charge on any atom is 0.164 e. The van der Waals surface area contributed by atoms with Crippen molar-refractivity contribution in [3.63, 3.8) is 0 Å². The van der Waals surface area contributed by atoms with Gasteiger partial charge in [0.1, 0.15) is 5.58 Å². The number of hydrogen-bond donors (Lipinski definition) is 0. The van der Waals surface area contributed by atoms with E-state index in [1.54, 1.807) is 0 Å². The van der Waals surface area contributed by atoms with Gasteiger partial charge in [0.05, 0.1) is 11.0 Å². The van der Waals surface area contributed by atoms with Crippen LogP contribution >= 0.6 is 0 Å². The highest BCUT2D eigenvalue weighted by atomic mass is 16.3. The number of fused-ring (bicyclic) bond motifs is 7. The second kappa shape index (κ2) is 13.0. The third-order valence-electron chi connectivity index (χ3n) is 10.7. The van der Waals surface area contributed by atoms with Gasteiger partial charge in [-0.1, -0.05) is 164 Å². The fourth-order valence-electron chi connectivity index (χ4n) is 8.03. The molecule has 0 spiro atoms. The lowest BCUT2D eigenvalue weighted by molar-refractivity contribution is 0.671. The molecule has 11 rings (SSSR count). The predicted molar refractivity (Wildman–Crippen MR) is 229 cm³/mol. The SMILES string of the molecule is c1ccc(-c2ccc(-c3cccc(-n4c5ccccc5c5ccc6c(oc7cccc(-c8nc(-c9ccccc9)nc(-c9ccccc9)n8)c76)c54)c3)cc2)cc1. The van der Waals surface area contributed by atoms with Crippen molar-refractivity contribution < 1.29 is 4.42 Å². The van der Waals surface area contributed by atoms with E-state index < -0.39 is 0 Å². The summed E-state index contributed by atoms with van der Waals surface area (Å²) in [6.07, 6.45) is 0. The third-order valence-corrected chi connectivity index (χ3v) is 10.7. The smallest absolute Gasteiger partial charge is 0.164 e. The zero-order valence-electron chi connectivity index (χ0n) is 30.2. The maximum absolute atomic E-state index is 6.93. The molecule has 0 aliphatic rings. The fourth-order valence-corrected chi connectivity index (χ4v) is 8.03. The molecule has 0 saturated carbocycles. The third kappa shape index (κ3) is 5.29. The molecule has 8 aromatic carbocycles. The second-order valence-electron chi connectivity index (χ2n) is 14.0. The molecule has 0 bridgehead atoms. The molecule has 0 N–H and O–H groups in total. The Labute approximate surface area is 322 Å². The minimum atomic E-state index is 0.595. The van der Waals surface area contributed by atoms with Crippen LogP contribution in [0.5, 0.6) is 0 Å². The van der Waals surface area contributed by atoms with E-state index in [0.717, 1.165) is 71.9 Å². The van der Waals surface area contributed by atoms with Gasteiger partial charge >= 0.3 is 0 Å². The number of nitrogens with zero attached hydrogens (tertiary/aromatic N) is 4. The van der Waals surface area contributed by atoms with E-state index in [0.29, 0.717) is 17.5 Å². The number of furan rings is 1. The molecule has 5 nitrogen and oxygen atoms in total. The van der Waals surface area contributed by atoms with Gasteiger partial charge in [-0.25, -0.2) is 15.0 Å². The highest BCUT2D eigenvalue weighted by Crippen LogP contribution is 2.43. The molecular formula is C51H32N4O. The van der Waals surface area contributed by atoms with Crippen molar-refractivity contribution in [2.75, 3.05) is 0 Å².